The number of sulfonamides is 1. The van der Waals surface area contributed by atoms with Gasteiger partial charge in [0.2, 0.25) is 10.0 Å². The zero-order valence-corrected chi connectivity index (χ0v) is 20.0. The second kappa shape index (κ2) is 8.66. The second-order valence-corrected chi connectivity index (χ2v) is 11.8. The van der Waals surface area contributed by atoms with Gasteiger partial charge >= 0.3 is 0 Å². The van der Waals surface area contributed by atoms with Gasteiger partial charge in [0, 0.05) is 40.7 Å². The Bertz CT molecular complexity index is 1370. The van der Waals surface area contributed by atoms with Gasteiger partial charge in [-0.2, -0.15) is 9.40 Å². The van der Waals surface area contributed by atoms with Crippen molar-refractivity contribution in [3.8, 4) is 0 Å². The molecule has 8 nitrogen and oxygen atoms in total. The lowest BCUT2D eigenvalue weighted by atomic mass is 9.82. The monoisotopic (exact) mass is 486 g/mol. The van der Waals surface area contributed by atoms with Crippen LogP contribution < -0.4 is 10.9 Å². The number of aromatic amines is 1. The number of amides is 1. The van der Waals surface area contributed by atoms with E-state index in [1.54, 1.807) is 0 Å². The molecule has 3 aromatic rings. The van der Waals surface area contributed by atoms with Gasteiger partial charge in [-0.1, -0.05) is 18.2 Å². The molecule has 0 unspecified atom stereocenters. The van der Waals surface area contributed by atoms with Crippen molar-refractivity contribution in [2.75, 3.05) is 12.8 Å². The molecule has 2 N–H and O–H groups in total. The Balaban J connectivity index is 1.24. The molecule has 2 aromatic heterocycles. The van der Waals surface area contributed by atoms with Crippen LogP contribution in [0.3, 0.4) is 0 Å². The fourth-order valence-corrected chi connectivity index (χ4v) is 6.96. The molecule has 1 aliphatic heterocycles. The number of hydrogen-bond acceptors (Lipinski definition) is 6. The number of carbonyl (C=O) groups excluding carboxylic acids is 1. The van der Waals surface area contributed by atoms with Crippen LogP contribution >= 0.6 is 11.3 Å². The topological polar surface area (TPSA) is 112 Å². The Hall–Kier alpha value is -2.56. The van der Waals surface area contributed by atoms with Gasteiger partial charge in [0.1, 0.15) is 0 Å². The van der Waals surface area contributed by atoms with Gasteiger partial charge in [0.15, 0.2) is 0 Å². The molecule has 33 heavy (non-hydrogen) atoms. The van der Waals surface area contributed by atoms with Crippen LogP contribution in [0.4, 0.5) is 0 Å². The molecule has 1 aromatic carbocycles. The summed E-state index contributed by atoms with van der Waals surface area (Å²) in [5, 5.41) is 13.6. The molecule has 0 atom stereocenters. The summed E-state index contributed by atoms with van der Waals surface area (Å²) >= 11 is 1.46. The van der Waals surface area contributed by atoms with Crippen molar-refractivity contribution in [3.63, 3.8) is 0 Å². The predicted octanol–water partition coefficient (Wildman–Crippen LogP) is 2.76. The van der Waals surface area contributed by atoms with Crippen molar-refractivity contribution in [3.05, 3.63) is 61.7 Å². The molecule has 0 radical (unpaired) electrons. The highest BCUT2D eigenvalue weighted by molar-refractivity contribution is 7.88. The zero-order valence-electron chi connectivity index (χ0n) is 18.3. The summed E-state index contributed by atoms with van der Waals surface area (Å²) in [6.45, 7) is 0.755. The normalized spacial score (nSPS) is 21.6. The highest BCUT2D eigenvalue weighted by Crippen LogP contribution is 2.35. The van der Waals surface area contributed by atoms with Crippen LogP contribution in [0, 0.1) is 0 Å². The summed E-state index contributed by atoms with van der Waals surface area (Å²) in [6, 6.07) is 7.65. The van der Waals surface area contributed by atoms with E-state index in [-0.39, 0.29) is 23.4 Å². The maximum absolute atomic E-state index is 13.0. The largest absolute Gasteiger partial charge is 0.349 e. The minimum Gasteiger partial charge on any atom is -0.349 e. The van der Waals surface area contributed by atoms with Crippen LogP contribution in [0.5, 0.6) is 0 Å². The molecular formula is C23H26N4O4S2. The van der Waals surface area contributed by atoms with Gasteiger partial charge in [-0.05, 0) is 43.7 Å². The van der Waals surface area contributed by atoms with E-state index in [0.29, 0.717) is 30.5 Å². The van der Waals surface area contributed by atoms with Crippen molar-refractivity contribution in [2.45, 2.75) is 50.6 Å². The maximum atomic E-state index is 13.0. The third kappa shape index (κ3) is 4.34. The Labute approximate surface area is 196 Å². The van der Waals surface area contributed by atoms with E-state index in [1.807, 2.05) is 29.6 Å². The number of aromatic nitrogens is 2. The summed E-state index contributed by atoms with van der Waals surface area (Å²) in [5.74, 6) is 0.173. The molecule has 10 heteroatoms. The zero-order chi connectivity index (χ0) is 23.2. The molecular weight excluding hydrogens is 460 g/mol. The third-order valence-electron chi connectivity index (χ3n) is 6.80. The Kier molecular flexibility index (Phi) is 5.84. The number of nitrogens with one attached hydrogen (secondary N) is 2. The number of fused-ring (bicyclic) bond motifs is 2. The third-order valence-corrected chi connectivity index (χ3v) is 9.06. The predicted molar refractivity (Wildman–Crippen MR) is 128 cm³/mol. The smallest absolute Gasteiger partial charge is 0.272 e. The second-order valence-electron chi connectivity index (χ2n) is 8.90. The lowest BCUT2D eigenvalue weighted by molar-refractivity contribution is 0.0925. The molecule has 1 aliphatic carbocycles. The van der Waals surface area contributed by atoms with E-state index in [0.717, 1.165) is 47.2 Å². The average Bonchev–Trinajstić information content (AvgIpc) is 3.23. The summed E-state index contributed by atoms with van der Waals surface area (Å²) in [5.41, 5.74) is 2.42. The number of rotatable bonds is 4. The van der Waals surface area contributed by atoms with E-state index in [2.05, 4.69) is 15.5 Å². The van der Waals surface area contributed by atoms with Crippen LogP contribution in [-0.4, -0.2) is 47.7 Å². The summed E-state index contributed by atoms with van der Waals surface area (Å²) in [7, 11) is -3.23. The number of hydrogen-bond donors (Lipinski definition) is 2. The molecule has 1 saturated carbocycles. The molecule has 3 heterocycles. The average molecular weight is 487 g/mol. The van der Waals surface area contributed by atoms with Crippen molar-refractivity contribution in [1.82, 2.24) is 19.8 Å². The standard InChI is InChI=1S/C23H26N4O4S2/c1-33(30,31)27-11-10-16-19(13-32-20(16)12-27)22(28)24-15-8-6-14(7-9-15)21-17-4-2-3-5-18(17)23(29)26-25-21/h2-5,13-15H,6-12H2,1H3,(H,24,28)(H,26,29). The highest BCUT2D eigenvalue weighted by atomic mass is 32.2. The molecule has 174 valence electrons. The van der Waals surface area contributed by atoms with Crippen molar-refractivity contribution in [2.24, 2.45) is 0 Å². The Morgan fingerprint density at radius 2 is 1.91 bits per heavy atom. The van der Waals surface area contributed by atoms with E-state index in [1.165, 1.54) is 21.9 Å². The maximum Gasteiger partial charge on any atom is 0.272 e. The van der Waals surface area contributed by atoms with Crippen LogP contribution in [-0.2, 0) is 23.0 Å². The van der Waals surface area contributed by atoms with E-state index in [4.69, 9.17) is 0 Å². The first-order valence-electron chi connectivity index (χ1n) is 11.1. The number of nitrogens with zero attached hydrogens (tertiary/aromatic N) is 2. The summed E-state index contributed by atoms with van der Waals surface area (Å²) in [6.07, 6.45) is 5.25. The first-order chi connectivity index (χ1) is 15.8. The van der Waals surface area contributed by atoms with E-state index in [9.17, 15) is 18.0 Å². The molecule has 1 fully saturated rings. The van der Waals surface area contributed by atoms with Gasteiger partial charge in [-0.3, -0.25) is 9.59 Å². The van der Waals surface area contributed by atoms with Gasteiger partial charge in [-0.25, -0.2) is 13.5 Å². The number of H-pyrrole nitrogens is 1. The van der Waals surface area contributed by atoms with Gasteiger partial charge < -0.3 is 5.32 Å². The number of thiophene rings is 1. The molecule has 1 amide bonds. The Morgan fingerprint density at radius 3 is 2.64 bits per heavy atom. The molecule has 0 saturated heterocycles. The van der Waals surface area contributed by atoms with Gasteiger partial charge in [0.25, 0.3) is 11.5 Å². The number of benzene rings is 1. The minimum absolute atomic E-state index is 0.0728. The van der Waals surface area contributed by atoms with Crippen LogP contribution in [0.25, 0.3) is 10.8 Å². The molecule has 0 spiro atoms. The number of carbonyl (C=O) groups is 1. The quantitative estimate of drug-likeness (QED) is 0.589. The van der Waals surface area contributed by atoms with Crippen molar-refractivity contribution >= 4 is 38.0 Å². The lowest BCUT2D eigenvalue weighted by Crippen LogP contribution is -2.39. The van der Waals surface area contributed by atoms with Gasteiger partial charge in [0.05, 0.1) is 22.9 Å². The highest BCUT2D eigenvalue weighted by Gasteiger charge is 2.30. The van der Waals surface area contributed by atoms with E-state index < -0.39 is 10.0 Å². The van der Waals surface area contributed by atoms with Crippen molar-refractivity contribution < 1.29 is 13.2 Å². The first kappa shape index (κ1) is 22.2. The Morgan fingerprint density at radius 1 is 1.18 bits per heavy atom. The first-order valence-corrected chi connectivity index (χ1v) is 13.9. The lowest BCUT2D eigenvalue weighted by Gasteiger charge is -2.29. The minimum atomic E-state index is -3.23. The fourth-order valence-electron chi connectivity index (χ4n) is 5.00. The van der Waals surface area contributed by atoms with Crippen LogP contribution in [0.1, 0.15) is 58.1 Å². The van der Waals surface area contributed by atoms with Gasteiger partial charge in [-0.15, -0.1) is 11.3 Å². The van der Waals surface area contributed by atoms with Crippen molar-refractivity contribution in [1.29, 1.82) is 0 Å². The molecule has 2 aliphatic rings. The van der Waals surface area contributed by atoms with E-state index >= 15 is 0 Å². The summed E-state index contributed by atoms with van der Waals surface area (Å²) in [4.78, 5) is 26.0. The summed E-state index contributed by atoms with van der Waals surface area (Å²) < 4.78 is 25.2. The van der Waals surface area contributed by atoms with Crippen LogP contribution in [0.2, 0.25) is 0 Å². The molecule has 0 bridgehead atoms. The van der Waals surface area contributed by atoms with Crippen LogP contribution in [0.15, 0.2) is 34.4 Å². The fraction of sp³-hybridized carbons (Fsp3) is 0.435. The SMILES string of the molecule is CS(=O)(=O)N1CCc2c(C(=O)NC3CCC(c4n[nH]c(=O)c5ccccc45)CC3)csc2C1. The molecule has 5 rings (SSSR count).